The molecular weight excluding hydrogens is 290 g/mol. The van der Waals surface area contributed by atoms with Gasteiger partial charge in [-0.05, 0) is 44.0 Å². The summed E-state index contributed by atoms with van der Waals surface area (Å²) in [7, 11) is -1.90. The van der Waals surface area contributed by atoms with Gasteiger partial charge in [0.2, 0.25) is 10.0 Å². The lowest BCUT2D eigenvalue weighted by molar-refractivity contribution is -0.0440. The van der Waals surface area contributed by atoms with Gasteiger partial charge in [-0.2, -0.15) is 4.31 Å². The Morgan fingerprint density at radius 2 is 1.90 bits per heavy atom. The molecule has 0 amide bonds. The van der Waals surface area contributed by atoms with Crippen LogP contribution < -0.4 is 4.74 Å². The molecule has 1 heterocycles. The summed E-state index contributed by atoms with van der Waals surface area (Å²) in [6.45, 7) is 6.54. The van der Waals surface area contributed by atoms with Gasteiger partial charge in [0, 0.05) is 13.1 Å². The predicted molar refractivity (Wildman–Crippen MR) is 81.1 cm³/mol. The topological polar surface area (TPSA) is 55.8 Å². The lowest BCUT2D eigenvalue weighted by Crippen LogP contribution is -2.48. The summed E-state index contributed by atoms with van der Waals surface area (Å²) >= 11 is 0. The number of sulfonamides is 1. The summed E-state index contributed by atoms with van der Waals surface area (Å²) in [5.74, 6) is 0.722. The van der Waals surface area contributed by atoms with Gasteiger partial charge in [0.1, 0.15) is 5.75 Å². The van der Waals surface area contributed by atoms with Crippen LogP contribution >= 0.6 is 0 Å². The Kier molecular flexibility index (Phi) is 4.91. The number of nitrogens with zero attached hydrogens (tertiary/aromatic N) is 1. The third-order valence-electron chi connectivity index (χ3n) is 3.66. The fraction of sp³-hybridized carbons (Fsp3) is 0.600. The van der Waals surface area contributed by atoms with Crippen molar-refractivity contribution in [3.63, 3.8) is 0 Å². The summed E-state index contributed by atoms with van der Waals surface area (Å²) in [6, 6.07) is 5.04. The zero-order valence-corrected chi connectivity index (χ0v) is 13.8. The zero-order chi connectivity index (χ0) is 15.6. The van der Waals surface area contributed by atoms with Crippen LogP contribution in [0.4, 0.5) is 0 Å². The van der Waals surface area contributed by atoms with Crippen molar-refractivity contribution in [3.05, 3.63) is 23.8 Å². The molecule has 0 unspecified atom stereocenters. The fourth-order valence-electron chi connectivity index (χ4n) is 2.67. The molecule has 1 aromatic rings. The highest BCUT2D eigenvalue weighted by Crippen LogP contribution is 2.26. The van der Waals surface area contributed by atoms with Gasteiger partial charge in [-0.15, -0.1) is 0 Å². The average molecular weight is 313 g/mol. The molecule has 0 aliphatic carbocycles. The third kappa shape index (κ3) is 3.39. The van der Waals surface area contributed by atoms with Crippen molar-refractivity contribution >= 4 is 10.0 Å². The number of morpholine rings is 1. The van der Waals surface area contributed by atoms with Crippen LogP contribution in [0.25, 0.3) is 0 Å². The Hall–Kier alpha value is -1.11. The number of aryl methyl sites for hydroxylation is 1. The van der Waals surface area contributed by atoms with Gasteiger partial charge in [0.25, 0.3) is 0 Å². The van der Waals surface area contributed by atoms with Gasteiger partial charge in [-0.3, -0.25) is 0 Å². The summed E-state index contributed by atoms with van der Waals surface area (Å²) in [4.78, 5) is 0.321. The monoisotopic (exact) mass is 313 g/mol. The molecule has 21 heavy (non-hydrogen) atoms. The molecule has 1 aliphatic rings. The minimum Gasteiger partial charge on any atom is -0.496 e. The first-order valence-electron chi connectivity index (χ1n) is 7.21. The molecular formula is C15H23NO4S. The molecule has 2 atom stereocenters. The molecule has 2 rings (SSSR count). The Labute approximate surface area is 126 Å². The van der Waals surface area contributed by atoms with Crippen LogP contribution in [0.2, 0.25) is 0 Å². The molecule has 5 nitrogen and oxygen atoms in total. The van der Waals surface area contributed by atoms with Crippen LogP contribution in [0.3, 0.4) is 0 Å². The van der Waals surface area contributed by atoms with E-state index in [1.54, 1.807) is 25.3 Å². The fourth-order valence-corrected chi connectivity index (χ4v) is 4.31. The molecule has 6 heteroatoms. The molecule has 0 N–H and O–H groups in total. The number of methoxy groups -OCH3 is 1. The van der Waals surface area contributed by atoms with E-state index in [1.807, 2.05) is 20.8 Å². The molecule has 1 aromatic carbocycles. The molecule has 0 radical (unpaired) electrons. The van der Waals surface area contributed by atoms with Crippen LogP contribution in [-0.2, 0) is 21.2 Å². The molecule has 1 fully saturated rings. The first-order chi connectivity index (χ1) is 9.88. The maximum absolute atomic E-state index is 12.8. The van der Waals surface area contributed by atoms with Crippen molar-refractivity contribution in [1.82, 2.24) is 4.31 Å². The Morgan fingerprint density at radius 1 is 1.29 bits per heavy atom. The van der Waals surface area contributed by atoms with Crippen LogP contribution in [0, 0.1) is 0 Å². The van der Waals surface area contributed by atoms with E-state index in [4.69, 9.17) is 9.47 Å². The van der Waals surface area contributed by atoms with Gasteiger partial charge < -0.3 is 9.47 Å². The van der Waals surface area contributed by atoms with Crippen molar-refractivity contribution < 1.29 is 17.9 Å². The molecule has 0 saturated carbocycles. The highest BCUT2D eigenvalue weighted by atomic mass is 32.2. The predicted octanol–water partition coefficient (Wildman–Crippen LogP) is 2.06. The second kappa shape index (κ2) is 6.34. The molecule has 0 aromatic heterocycles. The SMILES string of the molecule is CCc1cc(S(=O)(=O)N2C[C@H](C)O[C@@H](C)C2)ccc1OC. The van der Waals surface area contributed by atoms with E-state index < -0.39 is 10.0 Å². The number of ether oxygens (including phenoxy) is 2. The van der Waals surface area contributed by atoms with Crippen LogP contribution in [-0.4, -0.2) is 45.1 Å². The van der Waals surface area contributed by atoms with Crippen molar-refractivity contribution in [2.75, 3.05) is 20.2 Å². The highest BCUT2D eigenvalue weighted by Gasteiger charge is 2.32. The van der Waals surface area contributed by atoms with Crippen molar-refractivity contribution in [1.29, 1.82) is 0 Å². The smallest absolute Gasteiger partial charge is 0.243 e. The zero-order valence-electron chi connectivity index (χ0n) is 13.0. The Bertz CT molecular complexity index is 590. The normalized spacial score (nSPS) is 24.0. The van der Waals surface area contributed by atoms with E-state index in [0.29, 0.717) is 18.0 Å². The van der Waals surface area contributed by atoms with Gasteiger partial charge in [0.05, 0.1) is 24.2 Å². The van der Waals surface area contributed by atoms with E-state index >= 15 is 0 Å². The van der Waals surface area contributed by atoms with Crippen molar-refractivity contribution in [2.24, 2.45) is 0 Å². The average Bonchev–Trinajstić information content (AvgIpc) is 2.45. The summed E-state index contributed by atoms with van der Waals surface area (Å²) in [6.07, 6.45) is 0.544. The van der Waals surface area contributed by atoms with Crippen molar-refractivity contribution in [2.45, 2.75) is 44.3 Å². The third-order valence-corrected chi connectivity index (χ3v) is 5.48. The van der Waals surface area contributed by atoms with E-state index in [9.17, 15) is 8.42 Å². The summed E-state index contributed by atoms with van der Waals surface area (Å²) in [5, 5.41) is 0. The van der Waals surface area contributed by atoms with Crippen LogP contribution in [0.15, 0.2) is 23.1 Å². The minimum atomic E-state index is -3.49. The van der Waals surface area contributed by atoms with Crippen molar-refractivity contribution in [3.8, 4) is 5.75 Å². The first kappa shape index (κ1) is 16.3. The summed E-state index contributed by atoms with van der Waals surface area (Å²) < 4.78 is 37.9. The number of hydrogen-bond acceptors (Lipinski definition) is 4. The lowest BCUT2D eigenvalue weighted by Gasteiger charge is -2.34. The number of rotatable bonds is 4. The number of benzene rings is 1. The first-order valence-corrected chi connectivity index (χ1v) is 8.65. The Morgan fingerprint density at radius 3 is 2.43 bits per heavy atom. The highest BCUT2D eigenvalue weighted by molar-refractivity contribution is 7.89. The molecule has 1 aliphatic heterocycles. The van der Waals surface area contributed by atoms with Gasteiger partial charge in [-0.1, -0.05) is 6.92 Å². The minimum absolute atomic E-state index is 0.0904. The van der Waals surface area contributed by atoms with Crippen LogP contribution in [0.1, 0.15) is 26.3 Å². The van der Waals surface area contributed by atoms with Gasteiger partial charge >= 0.3 is 0 Å². The summed E-state index contributed by atoms with van der Waals surface area (Å²) in [5.41, 5.74) is 0.896. The maximum atomic E-state index is 12.8. The second-order valence-corrected chi connectivity index (χ2v) is 7.34. The van der Waals surface area contributed by atoms with E-state index in [-0.39, 0.29) is 12.2 Å². The standard InChI is InChI=1S/C15H23NO4S/c1-5-13-8-14(6-7-15(13)19-4)21(17,18)16-9-11(2)20-12(3)10-16/h6-8,11-12H,5,9-10H2,1-4H3/t11-,12-/m0/s1. The van der Waals surface area contributed by atoms with Crippen LogP contribution in [0.5, 0.6) is 5.75 Å². The Balaban J connectivity index is 2.35. The molecule has 1 saturated heterocycles. The van der Waals surface area contributed by atoms with E-state index in [2.05, 4.69) is 0 Å². The quantitative estimate of drug-likeness (QED) is 0.854. The molecule has 0 spiro atoms. The second-order valence-electron chi connectivity index (χ2n) is 5.41. The molecule has 0 bridgehead atoms. The maximum Gasteiger partial charge on any atom is 0.243 e. The van der Waals surface area contributed by atoms with E-state index in [1.165, 1.54) is 4.31 Å². The number of hydrogen-bond donors (Lipinski definition) is 0. The van der Waals surface area contributed by atoms with E-state index in [0.717, 1.165) is 17.7 Å². The molecule has 118 valence electrons. The van der Waals surface area contributed by atoms with Gasteiger partial charge in [-0.25, -0.2) is 8.42 Å². The van der Waals surface area contributed by atoms with Gasteiger partial charge in [0.15, 0.2) is 0 Å². The lowest BCUT2D eigenvalue weighted by atomic mass is 10.1. The largest absolute Gasteiger partial charge is 0.496 e.